The molecular weight excluding hydrogens is 194 g/mol. The molecule has 1 rings (SSSR count). The molecule has 1 aromatic rings. The first-order valence-corrected chi connectivity index (χ1v) is 6.23. The van der Waals surface area contributed by atoms with Crippen LogP contribution in [0.2, 0.25) is 0 Å². The van der Waals surface area contributed by atoms with Crippen LogP contribution in [0.25, 0.3) is 0 Å². The third kappa shape index (κ3) is 2.91. The third-order valence-corrected chi connectivity index (χ3v) is 2.70. The van der Waals surface area contributed by atoms with Crippen molar-refractivity contribution in [2.45, 2.75) is 20.4 Å². The minimum Gasteiger partial charge on any atom is -0.353 e. The number of Topliss-reactive ketones (excluding diaryl/α,β-unsaturated/α-hetero) is 1. The molecule has 0 saturated carbocycles. The maximum atomic E-state index is 11.6. The number of carbonyl (C=O) groups excluding carboxylic acids is 1. The van der Waals surface area contributed by atoms with Crippen LogP contribution in [0.1, 0.15) is 24.2 Å². The lowest BCUT2D eigenvalue weighted by Gasteiger charge is -2.01. The summed E-state index contributed by atoms with van der Waals surface area (Å²) in [4.78, 5) is 11.6. The maximum Gasteiger partial charge on any atom is 0.166 e. The van der Waals surface area contributed by atoms with E-state index < -0.39 is 0 Å². The molecule has 0 unspecified atom stereocenters. The van der Waals surface area contributed by atoms with Crippen LogP contribution >= 0.6 is 11.8 Å². The van der Waals surface area contributed by atoms with Crippen LogP contribution < -0.4 is 0 Å². The van der Waals surface area contributed by atoms with Crippen LogP contribution in [0.15, 0.2) is 18.5 Å². The molecule has 0 amide bonds. The molecule has 3 heteroatoms. The molecule has 0 aliphatic rings. The maximum absolute atomic E-state index is 11.6. The summed E-state index contributed by atoms with van der Waals surface area (Å²) in [5, 5.41) is 0. The zero-order valence-electron chi connectivity index (χ0n) is 8.99. The lowest BCUT2D eigenvalue weighted by Crippen LogP contribution is -2.06. The predicted molar refractivity (Wildman–Crippen MR) is 62.0 cm³/mol. The Morgan fingerprint density at radius 3 is 2.86 bits per heavy atom. The zero-order valence-corrected chi connectivity index (χ0v) is 9.80. The molecule has 0 aromatic carbocycles. The molecular formula is C11H17NOS. The molecule has 0 saturated heterocycles. The molecule has 0 radical (unpaired) electrons. The van der Waals surface area contributed by atoms with Gasteiger partial charge in [0, 0.05) is 36.2 Å². The van der Waals surface area contributed by atoms with Crippen LogP contribution in [0, 0.1) is 5.92 Å². The van der Waals surface area contributed by atoms with Gasteiger partial charge in [-0.2, -0.15) is 11.8 Å². The summed E-state index contributed by atoms with van der Waals surface area (Å²) < 4.78 is 2.08. The van der Waals surface area contributed by atoms with Crippen molar-refractivity contribution in [3.8, 4) is 0 Å². The molecule has 0 N–H and O–H groups in total. The number of carbonyl (C=O) groups is 1. The number of hydrogen-bond acceptors (Lipinski definition) is 2. The first-order valence-electron chi connectivity index (χ1n) is 4.84. The second-order valence-corrected chi connectivity index (χ2v) is 4.64. The number of rotatable bonds is 5. The number of nitrogens with zero attached hydrogens (tertiary/aromatic N) is 1. The summed E-state index contributed by atoms with van der Waals surface area (Å²) in [6.45, 7) is 4.84. The van der Waals surface area contributed by atoms with Gasteiger partial charge in [-0.3, -0.25) is 4.79 Å². The van der Waals surface area contributed by atoms with Gasteiger partial charge in [-0.1, -0.05) is 13.8 Å². The first-order chi connectivity index (χ1) is 6.65. The van der Waals surface area contributed by atoms with E-state index in [0.717, 1.165) is 17.9 Å². The van der Waals surface area contributed by atoms with Crippen LogP contribution in [0.5, 0.6) is 0 Å². The highest BCUT2D eigenvalue weighted by atomic mass is 32.2. The van der Waals surface area contributed by atoms with Crippen LogP contribution in [-0.2, 0) is 6.54 Å². The van der Waals surface area contributed by atoms with E-state index in [1.54, 1.807) is 0 Å². The van der Waals surface area contributed by atoms with Gasteiger partial charge in [-0.25, -0.2) is 0 Å². The van der Waals surface area contributed by atoms with Crippen molar-refractivity contribution >= 4 is 17.5 Å². The fourth-order valence-electron chi connectivity index (χ4n) is 1.26. The van der Waals surface area contributed by atoms with Crippen LogP contribution in [-0.4, -0.2) is 22.4 Å². The van der Waals surface area contributed by atoms with E-state index in [4.69, 9.17) is 0 Å². The fraction of sp³-hybridized carbons (Fsp3) is 0.545. The van der Waals surface area contributed by atoms with Gasteiger partial charge in [0.05, 0.1) is 0 Å². The zero-order chi connectivity index (χ0) is 10.6. The monoisotopic (exact) mass is 211 g/mol. The second kappa shape index (κ2) is 5.25. The summed E-state index contributed by atoms with van der Waals surface area (Å²) >= 11 is 1.81. The molecule has 1 heterocycles. The van der Waals surface area contributed by atoms with E-state index in [1.165, 1.54) is 0 Å². The topological polar surface area (TPSA) is 22.0 Å². The molecule has 0 atom stereocenters. The van der Waals surface area contributed by atoms with Gasteiger partial charge in [0.1, 0.15) is 0 Å². The summed E-state index contributed by atoms with van der Waals surface area (Å²) in [5.41, 5.74) is 0.834. The Hall–Kier alpha value is -0.700. The fourth-order valence-corrected chi connectivity index (χ4v) is 1.65. The molecule has 0 bridgehead atoms. The highest BCUT2D eigenvalue weighted by Gasteiger charge is 2.10. The largest absolute Gasteiger partial charge is 0.353 e. The second-order valence-electron chi connectivity index (χ2n) is 3.65. The van der Waals surface area contributed by atoms with Gasteiger partial charge in [0.25, 0.3) is 0 Å². The lowest BCUT2D eigenvalue weighted by molar-refractivity contribution is 0.0939. The lowest BCUT2D eigenvalue weighted by atomic mass is 10.0. The summed E-state index contributed by atoms with van der Waals surface area (Å²) in [5.74, 6) is 1.41. The molecule has 0 aliphatic heterocycles. The molecule has 0 fully saturated rings. The molecule has 1 aromatic heterocycles. The number of aryl methyl sites for hydroxylation is 1. The molecule has 2 nitrogen and oxygen atoms in total. The minimum absolute atomic E-state index is 0.0893. The number of ketones is 1. The molecule has 0 spiro atoms. The highest BCUT2D eigenvalue weighted by molar-refractivity contribution is 7.98. The molecule has 78 valence electrons. The van der Waals surface area contributed by atoms with Crippen LogP contribution in [0.3, 0.4) is 0 Å². The van der Waals surface area contributed by atoms with Crippen molar-refractivity contribution in [1.82, 2.24) is 4.57 Å². The van der Waals surface area contributed by atoms with Gasteiger partial charge in [0.2, 0.25) is 0 Å². The highest BCUT2D eigenvalue weighted by Crippen LogP contribution is 2.09. The third-order valence-electron chi connectivity index (χ3n) is 2.11. The Bertz CT molecular complexity index is 304. The normalized spacial score (nSPS) is 10.9. The van der Waals surface area contributed by atoms with Gasteiger partial charge in [0.15, 0.2) is 5.78 Å². The van der Waals surface area contributed by atoms with E-state index >= 15 is 0 Å². The Morgan fingerprint density at radius 2 is 2.29 bits per heavy atom. The Morgan fingerprint density at radius 1 is 1.57 bits per heavy atom. The Kier molecular flexibility index (Phi) is 4.26. The van der Waals surface area contributed by atoms with Crippen molar-refractivity contribution < 1.29 is 4.79 Å². The van der Waals surface area contributed by atoms with Crippen molar-refractivity contribution in [1.29, 1.82) is 0 Å². The van der Waals surface area contributed by atoms with E-state index in [1.807, 2.05) is 44.1 Å². The Labute approximate surface area is 89.7 Å². The number of thioether (sulfide) groups is 1. The SMILES string of the molecule is CSCCn1ccc(C(=O)C(C)C)c1. The van der Waals surface area contributed by atoms with E-state index in [-0.39, 0.29) is 11.7 Å². The van der Waals surface area contributed by atoms with Crippen molar-refractivity contribution in [3.05, 3.63) is 24.0 Å². The standard InChI is InChI=1S/C11H17NOS/c1-9(2)11(13)10-4-5-12(8-10)6-7-14-3/h4-5,8-9H,6-7H2,1-3H3. The van der Waals surface area contributed by atoms with Crippen molar-refractivity contribution in [2.24, 2.45) is 5.92 Å². The van der Waals surface area contributed by atoms with E-state index in [9.17, 15) is 4.79 Å². The summed E-state index contributed by atoms with van der Waals surface area (Å²) in [7, 11) is 0. The number of aromatic nitrogens is 1. The average Bonchev–Trinajstić information content (AvgIpc) is 2.61. The quantitative estimate of drug-likeness (QED) is 0.699. The van der Waals surface area contributed by atoms with Crippen molar-refractivity contribution in [2.75, 3.05) is 12.0 Å². The summed E-state index contributed by atoms with van der Waals surface area (Å²) in [6.07, 6.45) is 6.01. The number of hydrogen-bond donors (Lipinski definition) is 0. The van der Waals surface area contributed by atoms with Crippen molar-refractivity contribution in [3.63, 3.8) is 0 Å². The van der Waals surface area contributed by atoms with E-state index in [0.29, 0.717) is 0 Å². The smallest absolute Gasteiger partial charge is 0.166 e. The first kappa shape index (κ1) is 11.4. The Balaban J connectivity index is 2.63. The van der Waals surface area contributed by atoms with E-state index in [2.05, 4.69) is 10.8 Å². The average molecular weight is 211 g/mol. The van der Waals surface area contributed by atoms with Gasteiger partial charge >= 0.3 is 0 Å². The van der Waals surface area contributed by atoms with Crippen LogP contribution in [0.4, 0.5) is 0 Å². The van der Waals surface area contributed by atoms with Gasteiger partial charge < -0.3 is 4.57 Å². The summed E-state index contributed by atoms with van der Waals surface area (Å²) in [6, 6.07) is 1.91. The molecule has 0 aliphatic carbocycles. The predicted octanol–water partition coefficient (Wildman–Crippen LogP) is 2.69. The molecule has 14 heavy (non-hydrogen) atoms. The van der Waals surface area contributed by atoms with Gasteiger partial charge in [-0.05, 0) is 12.3 Å². The minimum atomic E-state index is 0.0893. The van der Waals surface area contributed by atoms with Gasteiger partial charge in [-0.15, -0.1) is 0 Å².